The Kier molecular flexibility index (Phi) is 5.11. The first-order chi connectivity index (χ1) is 8.85. The minimum atomic E-state index is -1.00. The van der Waals surface area contributed by atoms with Gasteiger partial charge in [0.15, 0.2) is 11.5 Å². The lowest BCUT2D eigenvalue weighted by molar-refractivity contribution is -0.133. The summed E-state index contributed by atoms with van der Waals surface area (Å²) in [4.78, 5) is 21.8. The molecule has 0 heterocycles. The smallest absolute Gasteiger partial charge is 0.331 e. The van der Waals surface area contributed by atoms with E-state index in [-0.39, 0.29) is 11.3 Å². The zero-order valence-corrected chi connectivity index (χ0v) is 12.3. The number of ether oxygens (including phenoxy) is 2. The molecule has 1 aromatic carbocycles. The lowest BCUT2D eigenvalue weighted by atomic mass is 10.1. The molecular weight excluding hydrogens is 316 g/mol. The van der Waals surface area contributed by atoms with Crippen LogP contribution in [0.25, 0.3) is 6.08 Å². The number of benzene rings is 1. The summed E-state index contributed by atoms with van der Waals surface area (Å²) in [5, 5.41) is 8.83. The fourth-order valence-electron chi connectivity index (χ4n) is 1.38. The summed E-state index contributed by atoms with van der Waals surface area (Å²) in [5.41, 5.74) is 0.814. The molecule has 1 aromatic rings. The number of aliphatic carboxylic acids is 1. The number of methoxy groups -OCH3 is 1. The molecule has 0 bridgehead atoms. The second-order valence-corrected chi connectivity index (χ2v) is 4.61. The van der Waals surface area contributed by atoms with E-state index in [1.54, 1.807) is 12.1 Å². The first kappa shape index (κ1) is 15.2. The number of carboxylic acid groups (broad SMARTS) is 1. The minimum Gasteiger partial charge on any atom is -0.493 e. The summed E-state index contributed by atoms with van der Waals surface area (Å²) in [6, 6.07) is 3.24. The molecule has 0 saturated carbocycles. The van der Waals surface area contributed by atoms with Gasteiger partial charge >= 0.3 is 11.9 Å². The van der Waals surface area contributed by atoms with E-state index in [4.69, 9.17) is 14.6 Å². The summed E-state index contributed by atoms with van der Waals surface area (Å²) in [6.07, 6.45) is 1.49. The number of esters is 1. The third-order valence-corrected chi connectivity index (χ3v) is 2.81. The van der Waals surface area contributed by atoms with Gasteiger partial charge in [0.25, 0.3) is 0 Å². The molecule has 0 saturated heterocycles. The largest absolute Gasteiger partial charge is 0.493 e. The molecule has 0 fully saturated rings. The van der Waals surface area contributed by atoms with Gasteiger partial charge in [0.05, 0.1) is 11.6 Å². The van der Waals surface area contributed by atoms with Crippen molar-refractivity contribution in [2.24, 2.45) is 0 Å². The van der Waals surface area contributed by atoms with Crippen molar-refractivity contribution in [2.75, 3.05) is 7.11 Å². The molecular formula is C13H13BrO5. The van der Waals surface area contributed by atoms with E-state index in [2.05, 4.69) is 15.9 Å². The van der Waals surface area contributed by atoms with Crippen molar-refractivity contribution >= 4 is 33.9 Å². The van der Waals surface area contributed by atoms with Gasteiger partial charge in [-0.05, 0) is 46.6 Å². The Morgan fingerprint density at radius 3 is 2.42 bits per heavy atom. The molecule has 0 aromatic heterocycles. The standard InChI is InChI=1S/C13H13BrO5/c1-7(13(16)17)4-9-5-10(14)12(19-8(2)15)11(6-9)18-3/h4-6H,1-3H3,(H,16,17)/b7-4+. The Balaban J connectivity index is 3.27. The topological polar surface area (TPSA) is 72.8 Å². The van der Waals surface area contributed by atoms with Gasteiger partial charge in [0.1, 0.15) is 0 Å². The number of halogens is 1. The van der Waals surface area contributed by atoms with E-state index < -0.39 is 11.9 Å². The molecule has 0 radical (unpaired) electrons. The number of hydrogen-bond donors (Lipinski definition) is 1. The maximum Gasteiger partial charge on any atom is 0.331 e. The van der Waals surface area contributed by atoms with Crippen LogP contribution in [-0.4, -0.2) is 24.2 Å². The molecule has 19 heavy (non-hydrogen) atoms. The highest BCUT2D eigenvalue weighted by Crippen LogP contribution is 2.37. The second kappa shape index (κ2) is 6.38. The fourth-order valence-corrected chi connectivity index (χ4v) is 1.92. The van der Waals surface area contributed by atoms with Crippen molar-refractivity contribution in [3.05, 3.63) is 27.7 Å². The molecule has 6 heteroatoms. The van der Waals surface area contributed by atoms with Crippen molar-refractivity contribution in [2.45, 2.75) is 13.8 Å². The average Bonchev–Trinajstić information content (AvgIpc) is 2.31. The molecule has 1 N–H and O–H groups in total. The first-order valence-corrected chi connectivity index (χ1v) is 6.12. The Bertz CT molecular complexity index is 548. The van der Waals surface area contributed by atoms with Gasteiger partial charge < -0.3 is 14.6 Å². The van der Waals surface area contributed by atoms with Crippen molar-refractivity contribution in [3.8, 4) is 11.5 Å². The Morgan fingerprint density at radius 2 is 1.95 bits per heavy atom. The van der Waals surface area contributed by atoms with Gasteiger partial charge in [-0.25, -0.2) is 4.79 Å². The lowest BCUT2D eigenvalue weighted by Gasteiger charge is -2.11. The highest BCUT2D eigenvalue weighted by molar-refractivity contribution is 9.10. The molecule has 0 spiro atoms. The van der Waals surface area contributed by atoms with E-state index in [0.29, 0.717) is 15.8 Å². The summed E-state index contributed by atoms with van der Waals surface area (Å²) in [6.45, 7) is 2.77. The molecule has 0 unspecified atom stereocenters. The minimum absolute atomic E-state index is 0.189. The predicted molar refractivity (Wildman–Crippen MR) is 73.3 cm³/mol. The monoisotopic (exact) mass is 328 g/mol. The molecule has 0 amide bonds. The van der Waals surface area contributed by atoms with Crippen molar-refractivity contribution in [3.63, 3.8) is 0 Å². The van der Waals surface area contributed by atoms with Gasteiger partial charge in [-0.2, -0.15) is 0 Å². The predicted octanol–water partition coefficient (Wildman–Crippen LogP) is 2.87. The Hall–Kier alpha value is -1.82. The molecule has 0 aliphatic rings. The van der Waals surface area contributed by atoms with Crippen LogP contribution in [0.5, 0.6) is 11.5 Å². The van der Waals surface area contributed by atoms with Gasteiger partial charge in [-0.3, -0.25) is 4.79 Å². The highest BCUT2D eigenvalue weighted by atomic mass is 79.9. The van der Waals surface area contributed by atoms with E-state index >= 15 is 0 Å². The van der Waals surface area contributed by atoms with Crippen molar-refractivity contribution < 1.29 is 24.2 Å². The second-order valence-electron chi connectivity index (χ2n) is 3.76. The van der Waals surface area contributed by atoms with Crippen LogP contribution < -0.4 is 9.47 Å². The van der Waals surface area contributed by atoms with E-state index in [1.807, 2.05) is 0 Å². The lowest BCUT2D eigenvalue weighted by Crippen LogP contribution is -2.04. The van der Waals surface area contributed by atoms with Crippen LogP contribution in [0.3, 0.4) is 0 Å². The van der Waals surface area contributed by atoms with Crippen LogP contribution in [0.2, 0.25) is 0 Å². The van der Waals surface area contributed by atoms with Crippen LogP contribution in [0.4, 0.5) is 0 Å². The Labute approximate surface area is 119 Å². The SMILES string of the molecule is COc1cc(/C=C(\C)C(=O)O)cc(Br)c1OC(C)=O. The Morgan fingerprint density at radius 1 is 1.32 bits per heavy atom. The van der Waals surface area contributed by atoms with E-state index in [0.717, 1.165) is 0 Å². The molecule has 1 rings (SSSR count). The summed E-state index contributed by atoms with van der Waals surface area (Å²) >= 11 is 3.26. The zero-order chi connectivity index (χ0) is 14.6. The van der Waals surface area contributed by atoms with Crippen LogP contribution in [0.1, 0.15) is 19.4 Å². The number of rotatable bonds is 4. The molecule has 0 aliphatic heterocycles. The van der Waals surface area contributed by atoms with Crippen LogP contribution in [0, 0.1) is 0 Å². The van der Waals surface area contributed by atoms with Gasteiger partial charge in [0, 0.05) is 12.5 Å². The van der Waals surface area contributed by atoms with Crippen molar-refractivity contribution in [1.29, 1.82) is 0 Å². The fraction of sp³-hybridized carbons (Fsp3) is 0.231. The number of hydrogen-bond acceptors (Lipinski definition) is 4. The first-order valence-electron chi connectivity index (χ1n) is 5.32. The quantitative estimate of drug-likeness (QED) is 0.522. The van der Waals surface area contributed by atoms with Crippen LogP contribution in [0.15, 0.2) is 22.2 Å². The van der Waals surface area contributed by atoms with E-state index in [9.17, 15) is 9.59 Å². The highest BCUT2D eigenvalue weighted by Gasteiger charge is 2.13. The zero-order valence-electron chi connectivity index (χ0n) is 10.7. The summed E-state index contributed by atoms with van der Waals surface area (Å²) in [5.74, 6) is -0.864. The number of carbonyl (C=O) groups is 2. The molecule has 5 nitrogen and oxygen atoms in total. The third kappa shape index (κ3) is 4.10. The van der Waals surface area contributed by atoms with E-state index in [1.165, 1.54) is 27.0 Å². The number of carboxylic acids is 1. The molecule has 0 atom stereocenters. The average molecular weight is 329 g/mol. The molecule has 102 valence electrons. The van der Waals surface area contributed by atoms with Crippen molar-refractivity contribution in [1.82, 2.24) is 0 Å². The third-order valence-electron chi connectivity index (χ3n) is 2.22. The summed E-state index contributed by atoms with van der Waals surface area (Å²) < 4.78 is 10.7. The summed E-state index contributed by atoms with van der Waals surface area (Å²) in [7, 11) is 1.44. The van der Waals surface area contributed by atoms with Crippen LogP contribution >= 0.6 is 15.9 Å². The number of carbonyl (C=O) groups excluding carboxylic acids is 1. The van der Waals surface area contributed by atoms with Gasteiger partial charge in [-0.1, -0.05) is 0 Å². The maximum absolute atomic E-state index is 11.0. The van der Waals surface area contributed by atoms with Gasteiger partial charge in [-0.15, -0.1) is 0 Å². The molecule has 0 aliphatic carbocycles. The van der Waals surface area contributed by atoms with Gasteiger partial charge in [0.2, 0.25) is 0 Å². The maximum atomic E-state index is 11.0. The van der Waals surface area contributed by atoms with Crippen LogP contribution in [-0.2, 0) is 9.59 Å². The normalized spacial score (nSPS) is 11.1.